The topological polar surface area (TPSA) is 9.23 Å². The van der Waals surface area contributed by atoms with Gasteiger partial charge in [-0.2, -0.15) is 0 Å². The van der Waals surface area contributed by atoms with Gasteiger partial charge in [-0.05, 0) is 55.7 Å². The molecule has 0 aromatic rings. The monoisotopic (exact) mass is 210 g/mol. The largest absolute Gasteiger partial charge is 0.414 e. The summed E-state index contributed by atoms with van der Waals surface area (Å²) in [6.45, 7) is 7.38. The van der Waals surface area contributed by atoms with E-state index >= 15 is 0 Å². The Morgan fingerprint density at radius 1 is 1.21 bits per heavy atom. The highest BCUT2D eigenvalue weighted by Gasteiger charge is 2.59. The van der Waals surface area contributed by atoms with Crippen molar-refractivity contribution in [1.82, 2.24) is 0 Å². The maximum atomic E-state index is 6.40. The molecule has 1 saturated heterocycles. The van der Waals surface area contributed by atoms with Crippen LogP contribution < -0.4 is 0 Å². The Morgan fingerprint density at radius 2 is 2.00 bits per heavy atom. The highest BCUT2D eigenvalue weighted by atomic mass is 28.4. The summed E-state index contributed by atoms with van der Waals surface area (Å²) in [5.74, 6) is 2.96. The van der Waals surface area contributed by atoms with Crippen molar-refractivity contribution in [1.29, 1.82) is 0 Å². The highest BCUT2D eigenvalue weighted by Crippen LogP contribution is 2.61. The maximum Gasteiger partial charge on any atom is 0.190 e. The van der Waals surface area contributed by atoms with E-state index in [2.05, 4.69) is 20.0 Å². The molecular weight excluding hydrogens is 188 g/mol. The van der Waals surface area contributed by atoms with Gasteiger partial charge in [0.1, 0.15) is 0 Å². The minimum Gasteiger partial charge on any atom is -0.414 e. The third kappa shape index (κ3) is 1.10. The minimum absolute atomic E-state index is 0.672. The van der Waals surface area contributed by atoms with E-state index in [-0.39, 0.29) is 0 Å². The van der Waals surface area contributed by atoms with Crippen molar-refractivity contribution in [2.45, 2.75) is 57.3 Å². The number of rotatable bonds is 0. The Hall–Kier alpha value is 0.177. The van der Waals surface area contributed by atoms with Gasteiger partial charge in [-0.3, -0.25) is 0 Å². The lowest BCUT2D eigenvalue weighted by molar-refractivity contribution is 0.1000. The van der Waals surface area contributed by atoms with Crippen LogP contribution >= 0.6 is 0 Å². The van der Waals surface area contributed by atoms with Gasteiger partial charge in [-0.1, -0.05) is 13.3 Å². The zero-order valence-electron chi connectivity index (χ0n) is 9.62. The van der Waals surface area contributed by atoms with E-state index in [1.54, 1.807) is 0 Å². The van der Waals surface area contributed by atoms with Crippen molar-refractivity contribution in [2.24, 2.45) is 17.8 Å². The molecule has 0 spiro atoms. The van der Waals surface area contributed by atoms with Gasteiger partial charge in [0.15, 0.2) is 8.32 Å². The van der Waals surface area contributed by atoms with E-state index in [0.717, 1.165) is 23.3 Å². The molecule has 2 aliphatic carbocycles. The van der Waals surface area contributed by atoms with Crippen molar-refractivity contribution in [2.75, 3.05) is 0 Å². The van der Waals surface area contributed by atoms with Gasteiger partial charge in [0, 0.05) is 6.10 Å². The van der Waals surface area contributed by atoms with Gasteiger partial charge in [0.05, 0.1) is 0 Å². The zero-order valence-corrected chi connectivity index (χ0v) is 10.6. The molecule has 2 saturated carbocycles. The second kappa shape index (κ2) is 2.85. The van der Waals surface area contributed by atoms with Gasteiger partial charge in [0.25, 0.3) is 0 Å². The normalized spacial score (nSPS) is 54.6. The van der Waals surface area contributed by atoms with Crippen molar-refractivity contribution in [3.63, 3.8) is 0 Å². The molecular formula is C12H22OSi. The van der Waals surface area contributed by atoms with E-state index < -0.39 is 8.32 Å². The maximum absolute atomic E-state index is 6.40. The lowest BCUT2D eigenvalue weighted by Crippen LogP contribution is -2.33. The van der Waals surface area contributed by atoms with Gasteiger partial charge >= 0.3 is 0 Å². The molecule has 1 aliphatic heterocycles. The second-order valence-corrected chi connectivity index (χ2v) is 10.4. The molecule has 0 aromatic carbocycles. The first-order valence-electron chi connectivity index (χ1n) is 6.27. The molecule has 1 heterocycles. The standard InChI is InChI=1S/C12H22OSi/c1-8-7-9-5-4-6-10-11(9)12(8)14(2,3)13-10/h8-12H,4-7H2,1-3H3/t8?,9-,10-,11+,12+/m1/s1. The van der Waals surface area contributed by atoms with Crippen molar-refractivity contribution in [3.05, 3.63) is 0 Å². The summed E-state index contributed by atoms with van der Waals surface area (Å²) in [6.07, 6.45) is 6.46. The molecule has 1 nitrogen and oxygen atoms in total. The number of hydrogen-bond acceptors (Lipinski definition) is 1. The minimum atomic E-state index is -1.32. The van der Waals surface area contributed by atoms with Crippen molar-refractivity contribution in [3.8, 4) is 0 Å². The fourth-order valence-corrected chi connectivity index (χ4v) is 8.96. The first-order chi connectivity index (χ1) is 6.59. The molecule has 3 fully saturated rings. The molecule has 3 aliphatic rings. The summed E-state index contributed by atoms with van der Waals surface area (Å²) >= 11 is 0. The van der Waals surface area contributed by atoms with E-state index in [1.165, 1.54) is 25.7 Å². The van der Waals surface area contributed by atoms with Gasteiger partial charge < -0.3 is 4.43 Å². The van der Waals surface area contributed by atoms with Crippen molar-refractivity contribution < 1.29 is 4.43 Å². The third-order valence-corrected chi connectivity index (χ3v) is 8.47. The molecule has 0 amide bonds. The molecule has 0 radical (unpaired) electrons. The van der Waals surface area contributed by atoms with Crippen LogP contribution in [-0.2, 0) is 4.43 Å². The molecule has 80 valence electrons. The Labute approximate surface area is 88.4 Å². The smallest absolute Gasteiger partial charge is 0.190 e. The Balaban J connectivity index is 1.96. The lowest BCUT2D eigenvalue weighted by Gasteiger charge is -2.30. The van der Waals surface area contributed by atoms with Crippen LogP contribution in [-0.4, -0.2) is 14.4 Å². The quantitative estimate of drug-likeness (QED) is 0.557. The summed E-state index contributed by atoms with van der Waals surface area (Å²) in [5, 5.41) is 0. The first kappa shape index (κ1) is 9.41. The zero-order chi connectivity index (χ0) is 9.92. The van der Waals surface area contributed by atoms with E-state index in [0.29, 0.717) is 6.10 Å². The highest BCUT2D eigenvalue weighted by molar-refractivity contribution is 6.73. The van der Waals surface area contributed by atoms with Gasteiger partial charge in [-0.25, -0.2) is 0 Å². The van der Waals surface area contributed by atoms with Crippen LogP contribution in [0.25, 0.3) is 0 Å². The van der Waals surface area contributed by atoms with Crippen LogP contribution in [0.15, 0.2) is 0 Å². The molecule has 0 bridgehead atoms. The lowest BCUT2D eigenvalue weighted by atomic mass is 9.79. The molecule has 0 N–H and O–H groups in total. The second-order valence-electron chi connectivity index (χ2n) is 6.27. The average molecular weight is 210 g/mol. The Morgan fingerprint density at radius 3 is 2.79 bits per heavy atom. The fourth-order valence-electron chi connectivity index (χ4n) is 4.83. The van der Waals surface area contributed by atoms with Gasteiger partial charge in [-0.15, -0.1) is 0 Å². The van der Waals surface area contributed by atoms with E-state index in [9.17, 15) is 0 Å². The van der Waals surface area contributed by atoms with E-state index in [1.807, 2.05) is 0 Å². The average Bonchev–Trinajstić information content (AvgIpc) is 2.54. The first-order valence-corrected chi connectivity index (χ1v) is 9.26. The third-order valence-electron chi connectivity index (χ3n) is 5.00. The Kier molecular flexibility index (Phi) is 1.92. The van der Waals surface area contributed by atoms with Crippen LogP contribution in [0.5, 0.6) is 0 Å². The Bertz CT molecular complexity index is 251. The molecule has 14 heavy (non-hydrogen) atoms. The summed E-state index contributed by atoms with van der Waals surface area (Å²) in [5.41, 5.74) is 0.984. The van der Waals surface area contributed by atoms with E-state index in [4.69, 9.17) is 4.43 Å². The van der Waals surface area contributed by atoms with Crippen LogP contribution in [0.1, 0.15) is 32.6 Å². The van der Waals surface area contributed by atoms with Crippen molar-refractivity contribution >= 4 is 8.32 Å². The molecule has 0 aromatic heterocycles. The van der Waals surface area contributed by atoms with Gasteiger partial charge in [0.2, 0.25) is 0 Å². The molecule has 5 atom stereocenters. The molecule has 1 unspecified atom stereocenters. The summed E-state index contributed by atoms with van der Waals surface area (Å²) in [6, 6.07) is 0. The van der Waals surface area contributed by atoms with Crippen LogP contribution in [0.3, 0.4) is 0 Å². The fraction of sp³-hybridized carbons (Fsp3) is 1.00. The predicted octanol–water partition coefficient (Wildman–Crippen LogP) is 3.42. The summed E-state index contributed by atoms with van der Waals surface area (Å²) in [7, 11) is -1.32. The molecule has 3 rings (SSSR count). The summed E-state index contributed by atoms with van der Waals surface area (Å²) < 4.78 is 6.40. The van der Waals surface area contributed by atoms with Crippen LogP contribution in [0, 0.1) is 17.8 Å². The SMILES string of the molecule is CC1C[C@H]2CCC[C@H]3O[Si](C)(C)[C@@H]1[C@@H]23. The molecule has 2 heteroatoms. The van der Waals surface area contributed by atoms with Crippen LogP contribution in [0.4, 0.5) is 0 Å². The summed E-state index contributed by atoms with van der Waals surface area (Å²) in [4.78, 5) is 0. The van der Waals surface area contributed by atoms with Crippen LogP contribution in [0.2, 0.25) is 18.6 Å². The predicted molar refractivity (Wildman–Crippen MR) is 60.7 cm³/mol. The number of hydrogen-bond donors (Lipinski definition) is 0.